The van der Waals surface area contributed by atoms with E-state index in [0.717, 1.165) is 11.1 Å². The second-order valence-corrected chi connectivity index (χ2v) is 8.56. The van der Waals surface area contributed by atoms with Crippen LogP contribution in [0, 0.1) is 6.92 Å². The van der Waals surface area contributed by atoms with Crippen molar-refractivity contribution in [3.63, 3.8) is 0 Å². The first-order valence-corrected chi connectivity index (χ1v) is 11.0. The third-order valence-electron chi connectivity index (χ3n) is 5.44. The molecular weight excluding hydrogens is 461 g/mol. The van der Waals surface area contributed by atoms with Crippen LogP contribution in [0.15, 0.2) is 66.7 Å². The molecule has 0 aromatic heterocycles. The molecule has 0 bridgehead atoms. The number of hydrazine groups is 1. The zero-order valence-corrected chi connectivity index (χ0v) is 19.5. The van der Waals surface area contributed by atoms with Gasteiger partial charge >= 0.3 is 5.91 Å². The number of carbonyl (C=O) groups is 2. The molecule has 4 rings (SSSR count). The van der Waals surface area contributed by atoms with E-state index in [1.165, 1.54) is 0 Å². The first-order chi connectivity index (χ1) is 15.9. The van der Waals surface area contributed by atoms with Crippen LogP contribution in [0.5, 0.6) is 5.75 Å². The molecule has 3 aromatic rings. The summed E-state index contributed by atoms with van der Waals surface area (Å²) in [5.41, 5.74) is 5.90. The summed E-state index contributed by atoms with van der Waals surface area (Å²) >= 11 is 12.4. The van der Waals surface area contributed by atoms with E-state index in [1.807, 2.05) is 31.2 Å². The predicted molar refractivity (Wildman–Crippen MR) is 128 cm³/mol. The van der Waals surface area contributed by atoms with Crippen molar-refractivity contribution in [1.82, 2.24) is 10.7 Å². The number of benzene rings is 3. The molecule has 1 aliphatic heterocycles. The maximum absolute atomic E-state index is 13.0. The quantitative estimate of drug-likeness (QED) is 0.531. The maximum Gasteiger partial charge on any atom is 0.304 e. The number of methoxy groups -OCH3 is 1. The topological polar surface area (TPSA) is 70.4 Å². The normalized spacial score (nSPS) is 18.8. The number of nitrogens with one attached hydrogen (secondary N) is 2. The third kappa shape index (κ3) is 5.02. The lowest BCUT2D eigenvalue weighted by atomic mass is 9.98. The van der Waals surface area contributed by atoms with E-state index in [2.05, 4.69) is 10.7 Å². The van der Waals surface area contributed by atoms with Gasteiger partial charge in [-0.2, -0.15) is 0 Å². The summed E-state index contributed by atoms with van der Waals surface area (Å²) < 4.78 is 6.81. The molecule has 1 saturated heterocycles. The predicted octanol–water partition coefficient (Wildman–Crippen LogP) is 4.33. The van der Waals surface area contributed by atoms with Crippen molar-refractivity contribution in [2.24, 2.45) is 0 Å². The number of ether oxygens (including phenoxy) is 1. The highest BCUT2D eigenvalue weighted by Crippen LogP contribution is 2.27. The monoisotopic (exact) mass is 482 g/mol. The van der Waals surface area contributed by atoms with Gasteiger partial charge in [-0.25, -0.2) is 0 Å². The fourth-order valence-electron chi connectivity index (χ4n) is 3.67. The lowest BCUT2D eigenvalue weighted by Crippen LogP contribution is -2.42. The summed E-state index contributed by atoms with van der Waals surface area (Å²) in [6.45, 7) is 1.99. The molecule has 2 amide bonds. The van der Waals surface area contributed by atoms with E-state index in [-0.39, 0.29) is 11.8 Å². The molecule has 2 atom stereocenters. The minimum Gasteiger partial charge on any atom is -0.497 e. The van der Waals surface area contributed by atoms with Crippen molar-refractivity contribution in [3.05, 3.63) is 99.0 Å². The molecule has 2 N–H and O–H groups in total. The SMILES string of the molecule is COc1ccc(C(=O)N[C@H]2C(=O)N/[N+](=C\c3ccc(Cl)cc3Cl)[C@@H]2c2ccc(C)cc2)cc1. The Morgan fingerprint density at radius 2 is 1.76 bits per heavy atom. The van der Waals surface area contributed by atoms with Crippen LogP contribution in [0.1, 0.15) is 33.1 Å². The zero-order valence-electron chi connectivity index (χ0n) is 18.0. The Balaban J connectivity index is 1.70. The molecule has 0 saturated carbocycles. The average molecular weight is 483 g/mol. The average Bonchev–Trinajstić information content (AvgIpc) is 3.10. The highest BCUT2D eigenvalue weighted by molar-refractivity contribution is 6.36. The van der Waals surface area contributed by atoms with Crippen LogP contribution in [0.2, 0.25) is 10.0 Å². The van der Waals surface area contributed by atoms with Crippen LogP contribution >= 0.6 is 23.2 Å². The number of hydrogen-bond donors (Lipinski definition) is 2. The summed E-state index contributed by atoms with van der Waals surface area (Å²) in [5, 5.41) is 3.84. The molecule has 1 heterocycles. The molecule has 168 valence electrons. The van der Waals surface area contributed by atoms with Crippen LogP contribution in [-0.2, 0) is 4.79 Å². The van der Waals surface area contributed by atoms with E-state index >= 15 is 0 Å². The van der Waals surface area contributed by atoms with Crippen molar-refractivity contribution in [2.75, 3.05) is 7.11 Å². The van der Waals surface area contributed by atoms with Crippen LogP contribution in [0.25, 0.3) is 0 Å². The van der Waals surface area contributed by atoms with Gasteiger partial charge in [-0.3, -0.25) is 9.59 Å². The first kappa shape index (κ1) is 22.8. The summed E-state index contributed by atoms with van der Waals surface area (Å²) in [6.07, 6.45) is 1.74. The Morgan fingerprint density at radius 3 is 2.39 bits per heavy atom. The Labute approximate surface area is 201 Å². The second kappa shape index (κ2) is 9.65. The Hall–Kier alpha value is -3.35. The van der Waals surface area contributed by atoms with E-state index in [4.69, 9.17) is 27.9 Å². The molecule has 0 aliphatic carbocycles. The number of hydrogen-bond acceptors (Lipinski definition) is 3. The Kier molecular flexibility index (Phi) is 6.67. The summed E-state index contributed by atoms with van der Waals surface area (Å²) in [5.74, 6) is -0.0478. The van der Waals surface area contributed by atoms with E-state index in [1.54, 1.807) is 60.5 Å². The van der Waals surface area contributed by atoms with Crippen molar-refractivity contribution < 1.29 is 19.0 Å². The van der Waals surface area contributed by atoms with Crippen molar-refractivity contribution in [2.45, 2.75) is 19.0 Å². The number of aryl methyl sites for hydroxylation is 1. The number of nitrogens with zero attached hydrogens (tertiary/aromatic N) is 1. The molecule has 1 fully saturated rings. The van der Waals surface area contributed by atoms with Gasteiger partial charge in [0.15, 0.2) is 6.04 Å². The molecule has 0 unspecified atom stereocenters. The van der Waals surface area contributed by atoms with E-state index in [9.17, 15) is 9.59 Å². The van der Waals surface area contributed by atoms with Gasteiger partial charge in [-0.15, -0.1) is 10.1 Å². The molecule has 8 heteroatoms. The minimum absolute atomic E-state index is 0.330. The molecule has 6 nitrogen and oxygen atoms in total. The minimum atomic E-state index is -0.829. The Bertz CT molecular complexity index is 1220. The van der Waals surface area contributed by atoms with Gasteiger partial charge in [0.1, 0.15) is 5.75 Å². The van der Waals surface area contributed by atoms with E-state index in [0.29, 0.717) is 26.9 Å². The third-order valence-corrected chi connectivity index (χ3v) is 6.00. The number of carbonyl (C=O) groups excluding carboxylic acids is 2. The van der Waals surface area contributed by atoms with Gasteiger partial charge in [0.05, 0.1) is 17.7 Å². The standard InChI is InChI=1S/C25H21Cl2N3O3/c1-15-3-5-16(6-4-15)23-22(28-24(31)17-8-11-20(33-2)12-9-17)25(32)29-30(23)14-18-7-10-19(26)13-21(18)27/h3-14,22-23H,1-2H3,(H-,28,29,31,32)/p+1/b30-14-/t22-,23-/m1/s1. The second-order valence-electron chi connectivity index (χ2n) is 7.71. The highest BCUT2D eigenvalue weighted by Gasteiger charge is 2.47. The molecule has 1 aliphatic rings. The largest absolute Gasteiger partial charge is 0.497 e. The molecule has 33 heavy (non-hydrogen) atoms. The van der Waals surface area contributed by atoms with Crippen LogP contribution in [-0.4, -0.2) is 35.9 Å². The number of hydrazone groups is 1. The molecular formula is C25H22Cl2N3O3+. The van der Waals surface area contributed by atoms with Gasteiger partial charge in [0.2, 0.25) is 12.3 Å². The molecule has 0 radical (unpaired) electrons. The van der Waals surface area contributed by atoms with Gasteiger partial charge in [0.25, 0.3) is 5.91 Å². The van der Waals surface area contributed by atoms with E-state index < -0.39 is 12.1 Å². The fraction of sp³-hybridized carbons (Fsp3) is 0.160. The zero-order chi connectivity index (χ0) is 23.5. The van der Waals surface area contributed by atoms with Gasteiger partial charge in [0, 0.05) is 16.1 Å². The number of rotatable bonds is 5. The van der Waals surface area contributed by atoms with Crippen molar-refractivity contribution in [3.8, 4) is 5.75 Å². The number of halogens is 2. The maximum atomic E-state index is 13.0. The van der Waals surface area contributed by atoms with Crippen LogP contribution < -0.4 is 15.5 Å². The highest BCUT2D eigenvalue weighted by atomic mass is 35.5. The Morgan fingerprint density at radius 1 is 1.06 bits per heavy atom. The van der Waals surface area contributed by atoms with Gasteiger partial charge < -0.3 is 10.1 Å². The summed E-state index contributed by atoms with van der Waals surface area (Å²) in [4.78, 5) is 25.9. The lowest BCUT2D eigenvalue weighted by Gasteiger charge is -2.15. The molecule has 3 aromatic carbocycles. The molecule has 0 spiro atoms. The first-order valence-electron chi connectivity index (χ1n) is 10.3. The van der Waals surface area contributed by atoms with Crippen molar-refractivity contribution in [1.29, 1.82) is 0 Å². The lowest BCUT2D eigenvalue weighted by molar-refractivity contribution is -0.596. The summed E-state index contributed by atoms with van der Waals surface area (Å²) in [6, 6.07) is 18.3. The van der Waals surface area contributed by atoms with Gasteiger partial charge in [-0.05, 0) is 49.4 Å². The number of amides is 2. The van der Waals surface area contributed by atoms with Crippen LogP contribution in [0.4, 0.5) is 0 Å². The fourth-order valence-corrected chi connectivity index (χ4v) is 4.12. The smallest absolute Gasteiger partial charge is 0.304 e. The van der Waals surface area contributed by atoms with Crippen LogP contribution in [0.3, 0.4) is 0 Å². The summed E-state index contributed by atoms with van der Waals surface area (Å²) in [7, 11) is 1.56. The van der Waals surface area contributed by atoms with Crippen molar-refractivity contribution >= 4 is 41.2 Å². The van der Waals surface area contributed by atoms with Gasteiger partial charge in [-0.1, -0.05) is 53.0 Å².